The number of aliphatic hydroxyl groups is 1. The van der Waals surface area contributed by atoms with E-state index in [0.717, 1.165) is 34.9 Å². The molecule has 0 spiro atoms. The van der Waals surface area contributed by atoms with E-state index in [2.05, 4.69) is 14.8 Å². The van der Waals surface area contributed by atoms with E-state index >= 15 is 0 Å². The number of ether oxygens (including phenoxy) is 3. The molecule has 0 unspecified atom stereocenters. The summed E-state index contributed by atoms with van der Waals surface area (Å²) < 4.78 is 18.8. The first-order chi connectivity index (χ1) is 16.2. The molecule has 1 aromatic heterocycles. The Morgan fingerprint density at radius 1 is 0.970 bits per heavy atom. The Morgan fingerprint density at radius 3 is 2.24 bits per heavy atom. The second-order valence-corrected chi connectivity index (χ2v) is 9.11. The van der Waals surface area contributed by atoms with E-state index in [1.54, 1.807) is 21.3 Å². The van der Waals surface area contributed by atoms with Crippen molar-refractivity contribution in [2.75, 3.05) is 27.1 Å². The molecule has 0 radical (unpaired) electrons. The van der Waals surface area contributed by atoms with Crippen LogP contribution < -0.4 is 14.2 Å². The minimum Gasteiger partial charge on any atom is -0.493 e. The van der Waals surface area contributed by atoms with Crippen molar-refractivity contribution in [3.8, 4) is 28.6 Å². The Kier molecular flexibility index (Phi) is 7.77. The lowest BCUT2D eigenvalue weighted by Crippen LogP contribution is -2.15. The molecule has 1 aliphatic carbocycles. The van der Waals surface area contributed by atoms with Crippen LogP contribution in [0.1, 0.15) is 49.8 Å². The number of methoxy groups -OCH3 is 3. The summed E-state index contributed by atoms with van der Waals surface area (Å²) in [6.45, 7) is 0. The molecule has 0 bridgehead atoms. The van der Waals surface area contributed by atoms with Crippen molar-refractivity contribution < 1.29 is 19.3 Å². The first-order valence-electron chi connectivity index (χ1n) is 11.3. The van der Waals surface area contributed by atoms with Crippen molar-refractivity contribution in [3.05, 3.63) is 48.0 Å². The molecule has 176 valence electrons. The third-order valence-corrected chi connectivity index (χ3v) is 7.10. The summed E-state index contributed by atoms with van der Waals surface area (Å²) in [5.74, 6) is 2.99. The van der Waals surface area contributed by atoms with Crippen LogP contribution in [0.3, 0.4) is 0 Å². The third-order valence-electron chi connectivity index (χ3n) is 6.08. The summed E-state index contributed by atoms with van der Waals surface area (Å²) >= 11 is 1.54. The van der Waals surface area contributed by atoms with Gasteiger partial charge in [-0.25, -0.2) is 0 Å². The van der Waals surface area contributed by atoms with Gasteiger partial charge in [0.1, 0.15) is 0 Å². The fraction of sp³-hybridized carbons (Fsp3) is 0.440. The lowest BCUT2D eigenvalue weighted by atomic mass is 9.95. The van der Waals surface area contributed by atoms with Gasteiger partial charge in [-0.2, -0.15) is 0 Å². The summed E-state index contributed by atoms with van der Waals surface area (Å²) in [6, 6.07) is 13.9. The zero-order valence-electron chi connectivity index (χ0n) is 19.4. The van der Waals surface area contributed by atoms with Crippen molar-refractivity contribution in [1.29, 1.82) is 0 Å². The van der Waals surface area contributed by atoms with Crippen LogP contribution >= 0.6 is 11.8 Å². The number of aliphatic hydroxyl groups excluding tert-OH is 1. The SMILES string of the molecule is COc1cc(-c2nnc(SC[C@@H](O)c3ccccc3)n2C2CCCCC2)cc(OC)c1OC. The summed E-state index contributed by atoms with van der Waals surface area (Å²) in [6.07, 6.45) is 5.24. The average Bonchev–Trinajstić information content (AvgIpc) is 3.31. The lowest BCUT2D eigenvalue weighted by Gasteiger charge is -2.26. The zero-order valence-corrected chi connectivity index (χ0v) is 20.2. The first-order valence-corrected chi connectivity index (χ1v) is 12.3. The predicted octanol–water partition coefficient (Wildman–Crippen LogP) is 5.30. The van der Waals surface area contributed by atoms with Crippen LogP contribution in [0.25, 0.3) is 11.4 Å². The fourth-order valence-corrected chi connectivity index (χ4v) is 5.35. The molecule has 1 aliphatic rings. The minimum absolute atomic E-state index is 0.319. The van der Waals surface area contributed by atoms with Crippen LogP contribution in [0, 0.1) is 0 Å². The van der Waals surface area contributed by atoms with Gasteiger partial charge in [0.15, 0.2) is 22.5 Å². The molecule has 3 aromatic rings. The minimum atomic E-state index is -0.572. The molecule has 0 aliphatic heterocycles. The summed E-state index contributed by atoms with van der Waals surface area (Å²) in [4.78, 5) is 0. The molecular weight excluding hydrogens is 438 g/mol. The van der Waals surface area contributed by atoms with Gasteiger partial charge >= 0.3 is 0 Å². The maximum Gasteiger partial charge on any atom is 0.203 e. The highest BCUT2D eigenvalue weighted by atomic mass is 32.2. The van der Waals surface area contributed by atoms with Crippen LogP contribution in [0.2, 0.25) is 0 Å². The monoisotopic (exact) mass is 469 g/mol. The Bertz CT molecular complexity index is 1030. The van der Waals surface area contributed by atoms with Gasteiger partial charge in [-0.3, -0.25) is 4.57 Å². The Hall–Kier alpha value is -2.71. The van der Waals surface area contributed by atoms with Gasteiger partial charge in [0.05, 0.1) is 27.4 Å². The van der Waals surface area contributed by atoms with Crippen molar-refractivity contribution >= 4 is 11.8 Å². The number of nitrogens with zero attached hydrogens (tertiary/aromatic N) is 3. The quantitative estimate of drug-likeness (QED) is 0.426. The number of aromatic nitrogens is 3. The fourth-order valence-electron chi connectivity index (χ4n) is 4.38. The van der Waals surface area contributed by atoms with Gasteiger partial charge in [-0.15, -0.1) is 10.2 Å². The van der Waals surface area contributed by atoms with E-state index in [4.69, 9.17) is 14.2 Å². The molecule has 1 fully saturated rings. The summed E-state index contributed by atoms with van der Waals surface area (Å²) in [5.41, 5.74) is 1.76. The number of hydrogen-bond donors (Lipinski definition) is 1. The summed E-state index contributed by atoms with van der Waals surface area (Å²) in [5, 5.41) is 20.6. The predicted molar refractivity (Wildman–Crippen MR) is 129 cm³/mol. The van der Waals surface area contributed by atoms with Crippen molar-refractivity contribution in [2.45, 2.75) is 49.4 Å². The third kappa shape index (κ3) is 5.12. The van der Waals surface area contributed by atoms with Gasteiger partial charge in [-0.05, 0) is 30.5 Å². The average molecular weight is 470 g/mol. The number of thioether (sulfide) groups is 1. The Labute approximate surface area is 199 Å². The van der Waals surface area contributed by atoms with Crippen LogP contribution in [0.15, 0.2) is 47.6 Å². The molecule has 1 atom stereocenters. The first kappa shape index (κ1) is 23.4. The van der Waals surface area contributed by atoms with E-state index < -0.39 is 6.10 Å². The number of rotatable bonds is 9. The molecule has 2 aromatic carbocycles. The maximum absolute atomic E-state index is 10.7. The second-order valence-electron chi connectivity index (χ2n) is 8.12. The van der Waals surface area contributed by atoms with Crippen molar-refractivity contribution in [2.24, 2.45) is 0 Å². The van der Waals surface area contributed by atoms with Crippen LogP contribution in [-0.4, -0.2) is 47.0 Å². The molecule has 0 saturated heterocycles. The molecule has 4 rings (SSSR count). The second kappa shape index (κ2) is 10.9. The van der Waals surface area contributed by atoms with E-state index in [0.29, 0.717) is 29.0 Å². The highest BCUT2D eigenvalue weighted by Crippen LogP contribution is 2.43. The van der Waals surface area contributed by atoms with Gasteiger partial charge in [0, 0.05) is 17.4 Å². The van der Waals surface area contributed by atoms with E-state index in [1.807, 2.05) is 42.5 Å². The number of hydrogen-bond acceptors (Lipinski definition) is 7. The normalized spacial score (nSPS) is 15.3. The van der Waals surface area contributed by atoms with Gasteiger partial charge in [-0.1, -0.05) is 61.4 Å². The van der Waals surface area contributed by atoms with E-state index in [9.17, 15) is 5.11 Å². The molecule has 1 saturated carbocycles. The van der Waals surface area contributed by atoms with Crippen LogP contribution in [0.5, 0.6) is 17.2 Å². The highest BCUT2D eigenvalue weighted by Gasteiger charge is 2.26. The Morgan fingerprint density at radius 2 is 1.64 bits per heavy atom. The Balaban J connectivity index is 1.69. The maximum atomic E-state index is 10.7. The van der Waals surface area contributed by atoms with E-state index in [-0.39, 0.29) is 0 Å². The van der Waals surface area contributed by atoms with Gasteiger partial charge in [0.2, 0.25) is 5.75 Å². The van der Waals surface area contributed by atoms with Gasteiger partial charge < -0.3 is 19.3 Å². The molecule has 0 amide bonds. The van der Waals surface area contributed by atoms with Crippen molar-refractivity contribution in [3.63, 3.8) is 0 Å². The molecule has 33 heavy (non-hydrogen) atoms. The van der Waals surface area contributed by atoms with Gasteiger partial charge in [0.25, 0.3) is 0 Å². The van der Waals surface area contributed by atoms with Crippen LogP contribution in [-0.2, 0) is 0 Å². The zero-order chi connectivity index (χ0) is 23.2. The molecule has 7 nitrogen and oxygen atoms in total. The van der Waals surface area contributed by atoms with E-state index in [1.165, 1.54) is 31.0 Å². The number of benzene rings is 2. The van der Waals surface area contributed by atoms with Crippen molar-refractivity contribution in [1.82, 2.24) is 14.8 Å². The smallest absolute Gasteiger partial charge is 0.203 e. The highest BCUT2D eigenvalue weighted by molar-refractivity contribution is 7.99. The largest absolute Gasteiger partial charge is 0.493 e. The standard InChI is InChI=1S/C25H31N3O4S/c1-30-21-14-18(15-22(31-2)23(21)32-3)24-26-27-25(28(24)19-12-8-5-9-13-19)33-16-20(29)17-10-6-4-7-11-17/h4,6-7,10-11,14-15,19-20,29H,5,8-9,12-13,16H2,1-3H3/t20-/m1/s1. The molecule has 1 heterocycles. The topological polar surface area (TPSA) is 78.6 Å². The summed E-state index contributed by atoms with van der Waals surface area (Å²) in [7, 11) is 4.82. The molecule has 8 heteroatoms. The van der Waals surface area contributed by atoms with Crippen LogP contribution in [0.4, 0.5) is 0 Å². The lowest BCUT2D eigenvalue weighted by molar-refractivity contribution is 0.204. The molecular formula is C25H31N3O4S. The molecule has 1 N–H and O–H groups in total.